The summed E-state index contributed by atoms with van der Waals surface area (Å²) in [6.07, 6.45) is 11.5. The van der Waals surface area contributed by atoms with Gasteiger partial charge in [-0.3, -0.25) is 4.79 Å². The molecule has 0 heterocycles. The predicted molar refractivity (Wildman–Crippen MR) is 117 cm³/mol. The number of carbonyl (C=O) groups is 1. The zero-order valence-electron chi connectivity index (χ0n) is 17.2. The number of benzene rings is 1. The number of fused-ring (bicyclic) bond motifs is 2. The minimum absolute atomic E-state index is 0.0905. The number of aliphatic carboxylic acids is 1. The van der Waals surface area contributed by atoms with Crippen LogP contribution in [0, 0.1) is 23.7 Å². The van der Waals surface area contributed by atoms with Crippen molar-refractivity contribution in [1.82, 2.24) is 0 Å². The Kier molecular flexibility index (Phi) is 6.66. The lowest BCUT2D eigenvalue weighted by atomic mass is 9.89. The molecule has 30 heavy (non-hydrogen) atoms. The standard InChI is InChI=1S/C25H31ClO4/c26-20-6-5-16-11-19(12-17(16)13-20)23(27)8-7-21-22-10-15(3-1-2-4-25(29)30)9-18(22)14-24(21)28/h3,5-8,13,18-19,21-24,27-28H,1-2,4,9-12,14H2,(H,29,30)/b8-7+,15-3+/t18?,19?,21-,22?,23-,24-/m1/s1. The monoisotopic (exact) mass is 430 g/mol. The Hall–Kier alpha value is -1.62. The van der Waals surface area contributed by atoms with Crippen molar-refractivity contribution in [2.45, 2.75) is 63.6 Å². The topological polar surface area (TPSA) is 77.8 Å². The van der Waals surface area contributed by atoms with Crippen LogP contribution in [0.25, 0.3) is 0 Å². The normalized spacial score (nSPS) is 32.6. The molecular formula is C25H31ClO4. The van der Waals surface area contributed by atoms with Gasteiger partial charge < -0.3 is 15.3 Å². The van der Waals surface area contributed by atoms with Crippen molar-refractivity contribution in [3.05, 3.63) is 58.1 Å². The van der Waals surface area contributed by atoms with Gasteiger partial charge >= 0.3 is 5.97 Å². The highest BCUT2D eigenvalue weighted by Crippen LogP contribution is 2.50. The zero-order chi connectivity index (χ0) is 21.3. The van der Waals surface area contributed by atoms with Gasteiger partial charge in [0.25, 0.3) is 0 Å². The fourth-order valence-corrected chi connectivity index (χ4v) is 5.96. The molecule has 0 amide bonds. The lowest BCUT2D eigenvalue weighted by molar-refractivity contribution is -0.137. The van der Waals surface area contributed by atoms with Crippen LogP contribution in [-0.4, -0.2) is 33.5 Å². The van der Waals surface area contributed by atoms with Crippen LogP contribution in [0.3, 0.4) is 0 Å². The lowest BCUT2D eigenvalue weighted by Crippen LogP contribution is -2.21. The van der Waals surface area contributed by atoms with Gasteiger partial charge in [0.15, 0.2) is 0 Å². The Labute approximate surface area is 183 Å². The van der Waals surface area contributed by atoms with Crippen LogP contribution in [0.15, 0.2) is 42.0 Å². The van der Waals surface area contributed by atoms with Crippen molar-refractivity contribution < 1.29 is 20.1 Å². The minimum atomic E-state index is -0.739. The van der Waals surface area contributed by atoms with Gasteiger partial charge in [0.1, 0.15) is 0 Å². The number of unbranched alkanes of at least 4 members (excludes halogenated alkanes) is 1. The third kappa shape index (κ3) is 4.82. The molecule has 1 aromatic carbocycles. The second kappa shape index (κ2) is 9.25. The molecule has 4 rings (SSSR count). The fourth-order valence-electron chi connectivity index (χ4n) is 5.76. The SMILES string of the molecule is O=C(O)CCC/C=C1\CC2C[C@@H](O)[C@H](/C=C/[C@@H](O)C3Cc4ccc(Cl)cc4C3)C2C1. The van der Waals surface area contributed by atoms with Crippen molar-refractivity contribution in [3.8, 4) is 0 Å². The Balaban J connectivity index is 1.33. The summed E-state index contributed by atoms with van der Waals surface area (Å²) in [7, 11) is 0. The van der Waals surface area contributed by atoms with E-state index in [4.69, 9.17) is 16.7 Å². The summed E-state index contributed by atoms with van der Waals surface area (Å²) in [5, 5.41) is 30.8. The van der Waals surface area contributed by atoms with Crippen LogP contribution >= 0.6 is 11.6 Å². The first kappa shape index (κ1) is 21.6. The van der Waals surface area contributed by atoms with Gasteiger partial charge in [0, 0.05) is 17.4 Å². The number of hydrogen-bond acceptors (Lipinski definition) is 3. The molecule has 0 saturated heterocycles. The van der Waals surface area contributed by atoms with E-state index in [1.54, 1.807) is 0 Å². The van der Waals surface area contributed by atoms with Crippen LogP contribution < -0.4 is 0 Å². The highest BCUT2D eigenvalue weighted by Gasteiger charge is 2.45. The molecular weight excluding hydrogens is 400 g/mol. The summed E-state index contributed by atoms with van der Waals surface area (Å²) in [6, 6.07) is 5.97. The largest absolute Gasteiger partial charge is 0.481 e. The molecule has 3 aliphatic rings. The van der Waals surface area contributed by atoms with Crippen LogP contribution in [0.1, 0.15) is 49.7 Å². The Morgan fingerprint density at radius 3 is 2.80 bits per heavy atom. The second-order valence-electron chi connectivity index (χ2n) is 9.32. The van der Waals surface area contributed by atoms with Crippen molar-refractivity contribution >= 4 is 17.6 Å². The first-order valence-electron chi connectivity index (χ1n) is 11.1. The molecule has 162 valence electrons. The van der Waals surface area contributed by atoms with E-state index in [1.165, 1.54) is 16.7 Å². The van der Waals surface area contributed by atoms with E-state index in [-0.39, 0.29) is 24.4 Å². The summed E-state index contributed by atoms with van der Waals surface area (Å²) in [5.74, 6) is 0.436. The molecule has 3 unspecified atom stereocenters. The summed E-state index contributed by atoms with van der Waals surface area (Å²) >= 11 is 6.10. The lowest BCUT2D eigenvalue weighted by Gasteiger charge is -2.19. The van der Waals surface area contributed by atoms with E-state index in [1.807, 2.05) is 18.2 Å². The van der Waals surface area contributed by atoms with Crippen molar-refractivity contribution in [1.29, 1.82) is 0 Å². The Morgan fingerprint density at radius 1 is 1.20 bits per heavy atom. The molecule has 0 aliphatic heterocycles. The maximum Gasteiger partial charge on any atom is 0.303 e. The zero-order valence-corrected chi connectivity index (χ0v) is 18.0. The maximum absolute atomic E-state index is 10.8. The average Bonchev–Trinajstić information content (AvgIpc) is 3.35. The van der Waals surface area contributed by atoms with Gasteiger partial charge in [0.2, 0.25) is 0 Å². The van der Waals surface area contributed by atoms with Gasteiger partial charge in [-0.2, -0.15) is 0 Å². The molecule has 2 saturated carbocycles. The van der Waals surface area contributed by atoms with Crippen molar-refractivity contribution in [2.75, 3.05) is 0 Å². The van der Waals surface area contributed by atoms with Crippen molar-refractivity contribution in [3.63, 3.8) is 0 Å². The molecule has 0 spiro atoms. The van der Waals surface area contributed by atoms with Gasteiger partial charge in [-0.25, -0.2) is 0 Å². The highest BCUT2D eigenvalue weighted by molar-refractivity contribution is 6.30. The van der Waals surface area contributed by atoms with E-state index < -0.39 is 12.1 Å². The Bertz CT molecular complexity index is 846. The smallest absolute Gasteiger partial charge is 0.303 e. The maximum atomic E-state index is 10.8. The molecule has 0 radical (unpaired) electrons. The number of halogens is 1. The number of rotatable bonds is 7. The first-order chi connectivity index (χ1) is 14.4. The van der Waals surface area contributed by atoms with E-state index in [9.17, 15) is 15.0 Å². The molecule has 0 bridgehead atoms. The number of allylic oxidation sites excluding steroid dienone is 2. The van der Waals surface area contributed by atoms with Gasteiger partial charge in [-0.05, 0) is 86.0 Å². The summed E-state index contributed by atoms with van der Waals surface area (Å²) in [6.45, 7) is 0. The minimum Gasteiger partial charge on any atom is -0.481 e. The molecule has 0 aromatic heterocycles. The molecule has 1 aromatic rings. The van der Waals surface area contributed by atoms with Gasteiger partial charge in [-0.1, -0.05) is 41.5 Å². The fraction of sp³-hybridized carbons (Fsp3) is 0.560. The van der Waals surface area contributed by atoms with Gasteiger partial charge in [0.05, 0.1) is 12.2 Å². The van der Waals surface area contributed by atoms with E-state index in [0.717, 1.165) is 43.5 Å². The predicted octanol–water partition coefficient (Wildman–Crippen LogP) is 4.56. The average molecular weight is 431 g/mol. The number of aliphatic hydroxyl groups is 2. The van der Waals surface area contributed by atoms with Crippen LogP contribution in [-0.2, 0) is 17.6 Å². The van der Waals surface area contributed by atoms with E-state index in [0.29, 0.717) is 18.3 Å². The van der Waals surface area contributed by atoms with E-state index >= 15 is 0 Å². The number of carboxylic acid groups (broad SMARTS) is 1. The van der Waals surface area contributed by atoms with Crippen molar-refractivity contribution in [2.24, 2.45) is 23.7 Å². The Morgan fingerprint density at radius 2 is 2.00 bits per heavy atom. The third-order valence-electron chi connectivity index (χ3n) is 7.28. The quantitative estimate of drug-likeness (QED) is 0.437. The molecule has 4 nitrogen and oxygen atoms in total. The molecule has 6 atom stereocenters. The number of carboxylic acids is 1. The summed E-state index contributed by atoms with van der Waals surface area (Å²) < 4.78 is 0. The van der Waals surface area contributed by atoms with Crippen LogP contribution in [0.4, 0.5) is 0 Å². The summed E-state index contributed by atoms with van der Waals surface area (Å²) in [4.78, 5) is 10.7. The highest BCUT2D eigenvalue weighted by atomic mass is 35.5. The second-order valence-corrected chi connectivity index (χ2v) is 9.75. The molecule has 5 heteroatoms. The first-order valence-corrected chi connectivity index (χ1v) is 11.5. The summed E-state index contributed by atoms with van der Waals surface area (Å²) in [5.41, 5.74) is 3.91. The molecule has 3 N–H and O–H groups in total. The van der Waals surface area contributed by atoms with Gasteiger partial charge in [-0.15, -0.1) is 0 Å². The number of hydrogen-bond donors (Lipinski definition) is 3. The molecule has 2 fully saturated rings. The van der Waals surface area contributed by atoms with Crippen LogP contribution in [0.2, 0.25) is 5.02 Å². The molecule has 3 aliphatic carbocycles. The third-order valence-corrected chi connectivity index (χ3v) is 7.52. The van der Waals surface area contributed by atoms with E-state index in [2.05, 4.69) is 18.2 Å². The van der Waals surface area contributed by atoms with Crippen LogP contribution in [0.5, 0.6) is 0 Å². The number of aliphatic hydroxyl groups excluding tert-OH is 2.